The van der Waals surface area contributed by atoms with Gasteiger partial charge in [0.1, 0.15) is 5.82 Å². The summed E-state index contributed by atoms with van der Waals surface area (Å²) in [5.74, 6) is 1.23. The van der Waals surface area contributed by atoms with Crippen LogP contribution in [0.3, 0.4) is 0 Å². The molecule has 2 fully saturated rings. The van der Waals surface area contributed by atoms with Gasteiger partial charge >= 0.3 is 0 Å². The number of piperidine rings is 2. The maximum absolute atomic E-state index is 4.89. The first-order valence-corrected chi connectivity index (χ1v) is 9.75. The van der Waals surface area contributed by atoms with E-state index >= 15 is 0 Å². The van der Waals surface area contributed by atoms with E-state index in [2.05, 4.69) is 35.9 Å². The third kappa shape index (κ3) is 4.06. The molecule has 3 heteroatoms. The van der Waals surface area contributed by atoms with Crippen LogP contribution in [0.4, 0.5) is 5.82 Å². The van der Waals surface area contributed by atoms with E-state index in [9.17, 15) is 0 Å². The molecule has 0 aliphatic carbocycles. The number of unbranched alkanes of at least 4 members (excludes halogenated alkanes) is 1. The Morgan fingerprint density at radius 3 is 2.61 bits per heavy atom. The molecule has 0 bridgehead atoms. The van der Waals surface area contributed by atoms with E-state index in [1.807, 2.05) is 0 Å². The monoisotopic (exact) mass is 315 g/mol. The lowest BCUT2D eigenvalue weighted by atomic mass is 9.95. The van der Waals surface area contributed by atoms with Gasteiger partial charge in [0.15, 0.2) is 0 Å². The third-order valence-electron chi connectivity index (χ3n) is 5.52. The Labute approximate surface area is 142 Å². The highest BCUT2D eigenvalue weighted by Crippen LogP contribution is 2.33. The predicted octanol–water partition coefficient (Wildman–Crippen LogP) is 4.71. The van der Waals surface area contributed by atoms with Gasteiger partial charge in [-0.25, -0.2) is 4.98 Å². The zero-order valence-electron chi connectivity index (χ0n) is 15.1. The van der Waals surface area contributed by atoms with E-state index in [0.29, 0.717) is 6.04 Å². The highest BCUT2D eigenvalue weighted by Gasteiger charge is 2.24. The summed E-state index contributed by atoms with van der Waals surface area (Å²) in [4.78, 5) is 10.1. The largest absolute Gasteiger partial charge is 0.356 e. The molecule has 3 heterocycles. The molecular formula is C20H33N3. The second-order valence-corrected chi connectivity index (χ2v) is 7.36. The maximum atomic E-state index is 4.89. The summed E-state index contributed by atoms with van der Waals surface area (Å²) >= 11 is 0. The van der Waals surface area contributed by atoms with Gasteiger partial charge in [0, 0.05) is 25.3 Å². The van der Waals surface area contributed by atoms with Gasteiger partial charge in [-0.05, 0) is 75.7 Å². The van der Waals surface area contributed by atoms with Crippen LogP contribution >= 0.6 is 0 Å². The Morgan fingerprint density at radius 2 is 1.87 bits per heavy atom. The van der Waals surface area contributed by atoms with Crippen molar-refractivity contribution in [1.29, 1.82) is 0 Å². The topological polar surface area (TPSA) is 19.4 Å². The fourth-order valence-electron chi connectivity index (χ4n) is 4.21. The van der Waals surface area contributed by atoms with Gasteiger partial charge in [-0.15, -0.1) is 0 Å². The van der Waals surface area contributed by atoms with Crippen molar-refractivity contribution in [2.24, 2.45) is 0 Å². The Hall–Kier alpha value is -1.09. The second kappa shape index (κ2) is 8.14. The van der Waals surface area contributed by atoms with Crippen LogP contribution < -0.4 is 4.90 Å². The number of likely N-dealkylation sites (tertiary alicyclic amines) is 1. The van der Waals surface area contributed by atoms with E-state index in [4.69, 9.17) is 4.98 Å². The zero-order valence-corrected chi connectivity index (χ0v) is 15.1. The summed E-state index contributed by atoms with van der Waals surface area (Å²) in [6, 6.07) is 3.02. The Balaban J connectivity index is 1.75. The lowest BCUT2D eigenvalue weighted by Crippen LogP contribution is -2.34. The molecule has 0 aromatic carbocycles. The normalized spacial score (nSPS) is 23.2. The van der Waals surface area contributed by atoms with Crippen molar-refractivity contribution in [2.75, 3.05) is 31.1 Å². The molecule has 1 aromatic heterocycles. The first-order chi connectivity index (χ1) is 11.3. The molecule has 0 N–H and O–H groups in total. The molecule has 3 nitrogen and oxygen atoms in total. The third-order valence-corrected chi connectivity index (χ3v) is 5.52. The van der Waals surface area contributed by atoms with Crippen molar-refractivity contribution in [1.82, 2.24) is 9.88 Å². The molecule has 23 heavy (non-hydrogen) atoms. The lowest BCUT2D eigenvalue weighted by molar-refractivity contribution is 0.146. The molecule has 128 valence electrons. The summed E-state index contributed by atoms with van der Waals surface area (Å²) in [5, 5.41) is 0. The van der Waals surface area contributed by atoms with E-state index in [1.165, 1.54) is 94.5 Å². The number of aryl methyl sites for hydroxylation is 1. The highest BCUT2D eigenvalue weighted by atomic mass is 15.2. The quantitative estimate of drug-likeness (QED) is 0.784. The number of rotatable bonds is 5. The summed E-state index contributed by atoms with van der Waals surface area (Å²) in [7, 11) is 0. The summed E-state index contributed by atoms with van der Waals surface area (Å²) in [6.07, 6.45) is 12.8. The number of hydrogen-bond donors (Lipinski definition) is 0. The molecule has 1 aromatic rings. The van der Waals surface area contributed by atoms with Crippen LogP contribution in [0.2, 0.25) is 0 Å². The average Bonchev–Trinajstić information content (AvgIpc) is 2.61. The molecule has 0 unspecified atom stereocenters. The van der Waals surface area contributed by atoms with Crippen molar-refractivity contribution in [2.45, 2.75) is 71.3 Å². The number of anilines is 1. The van der Waals surface area contributed by atoms with Crippen molar-refractivity contribution < 1.29 is 0 Å². The minimum absolute atomic E-state index is 0.594. The van der Waals surface area contributed by atoms with E-state index in [0.717, 1.165) is 0 Å². The number of pyridine rings is 1. The smallest absolute Gasteiger partial charge is 0.131 e. The van der Waals surface area contributed by atoms with E-state index < -0.39 is 0 Å². The van der Waals surface area contributed by atoms with Crippen LogP contribution in [-0.2, 0) is 0 Å². The summed E-state index contributed by atoms with van der Waals surface area (Å²) in [6.45, 7) is 9.40. The van der Waals surface area contributed by atoms with Gasteiger partial charge in [0.25, 0.3) is 0 Å². The van der Waals surface area contributed by atoms with Crippen LogP contribution in [-0.4, -0.2) is 36.1 Å². The SMILES string of the molecule is CCCCN1CCCC[C@@H]1c1cnc(N2CCCCC2)c(C)c1. The van der Waals surface area contributed by atoms with Crippen LogP contribution in [0.5, 0.6) is 0 Å². The first kappa shape index (κ1) is 16.8. The molecular weight excluding hydrogens is 282 g/mol. The van der Waals surface area contributed by atoms with Crippen LogP contribution in [0.25, 0.3) is 0 Å². The van der Waals surface area contributed by atoms with Gasteiger partial charge < -0.3 is 4.90 Å². The summed E-state index contributed by atoms with van der Waals surface area (Å²) in [5.41, 5.74) is 2.81. The molecule has 2 aliphatic heterocycles. The molecule has 1 atom stereocenters. The molecule has 2 aliphatic rings. The van der Waals surface area contributed by atoms with E-state index in [1.54, 1.807) is 0 Å². The fourth-order valence-corrected chi connectivity index (χ4v) is 4.21. The van der Waals surface area contributed by atoms with Crippen molar-refractivity contribution >= 4 is 5.82 Å². The fraction of sp³-hybridized carbons (Fsp3) is 0.750. The van der Waals surface area contributed by atoms with Gasteiger partial charge in [-0.3, -0.25) is 4.90 Å². The van der Waals surface area contributed by atoms with Crippen LogP contribution in [0, 0.1) is 6.92 Å². The second-order valence-electron chi connectivity index (χ2n) is 7.36. The first-order valence-electron chi connectivity index (χ1n) is 9.75. The van der Waals surface area contributed by atoms with Gasteiger partial charge in [0.05, 0.1) is 0 Å². The minimum atomic E-state index is 0.594. The predicted molar refractivity (Wildman–Crippen MR) is 98.1 cm³/mol. The minimum Gasteiger partial charge on any atom is -0.356 e. The van der Waals surface area contributed by atoms with Crippen LogP contribution in [0.1, 0.15) is 75.5 Å². The van der Waals surface area contributed by atoms with Crippen LogP contribution in [0.15, 0.2) is 12.3 Å². The molecule has 3 rings (SSSR count). The van der Waals surface area contributed by atoms with E-state index in [-0.39, 0.29) is 0 Å². The maximum Gasteiger partial charge on any atom is 0.131 e. The zero-order chi connectivity index (χ0) is 16.1. The standard InChI is InChI=1S/C20H33N3/c1-3-4-11-22-12-9-6-10-19(22)18-15-17(2)20(21-16-18)23-13-7-5-8-14-23/h15-16,19H,3-14H2,1-2H3/t19-/m1/s1. The number of nitrogens with zero attached hydrogens (tertiary/aromatic N) is 3. The van der Waals surface area contributed by atoms with Crippen molar-refractivity contribution in [3.63, 3.8) is 0 Å². The molecule has 2 saturated heterocycles. The Morgan fingerprint density at radius 1 is 1.09 bits per heavy atom. The van der Waals surface area contributed by atoms with Crippen molar-refractivity contribution in [3.05, 3.63) is 23.4 Å². The number of hydrogen-bond acceptors (Lipinski definition) is 3. The molecule has 0 amide bonds. The molecule has 0 saturated carbocycles. The van der Waals surface area contributed by atoms with Crippen molar-refractivity contribution in [3.8, 4) is 0 Å². The lowest BCUT2D eigenvalue weighted by Gasteiger charge is -2.36. The molecule has 0 spiro atoms. The Kier molecular flexibility index (Phi) is 5.93. The van der Waals surface area contributed by atoms with Gasteiger partial charge in [-0.2, -0.15) is 0 Å². The molecule has 0 radical (unpaired) electrons. The average molecular weight is 316 g/mol. The Bertz CT molecular complexity index is 494. The summed E-state index contributed by atoms with van der Waals surface area (Å²) < 4.78 is 0. The van der Waals surface area contributed by atoms with Gasteiger partial charge in [-0.1, -0.05) is 19.8 Å². The number of aromatic nitrogens is 1. The van der Waals surface area contributed by atoms with Gasteiger partial charge in [0.2, 0.25) is 0 Å². The highest BCUT2D eigenvalue weighted by molar-refractivity contribution is 5.48.